The summed E-state index contributed by atoms with van der Waals surface area (Å²) >= 11 is 1.67. The summed E-state index contributed by atoms with van der Waals surface area (Å²) in [5.74, 6) is 0.345. The zero-order valence-corrected chi connectivity index (χ0v) is 16.6. The van der Waals surface area contributed by atoms with Crippen molar-refractivity contribution in [3.05, 3.63) is 59.9 Å². The average molecular weight is 405 g/mol. The largest absolute Gasteiger partial charge is 0.501 e. The number of rotatable bonds is 5. The van der Waals surface area contributed by atoms with E-state index in [1.807, 2.05) is 18.2 Å². The normalized spacial score (nSPS) is 13.5. The van der Waals surface area contributed by atoms with Crippen molar-refractivity contribution < 1.29 is 14.3 Å². The Morgan fingerprint density at radius 1 is 1.31 bits per heavy atom. The van der Waals surface area contributed by atoms with Gasteiger partial charge in [0.15, 0.2) is 0 Å². The maximum absolute atomic E-state index is 12.8. The number of methoxy groups -OCH3 is 1. The fourth-order valence-electron chi connectivity index (χ4n) is 3.60. The van der Waals surface area contributed by atoms with Gasteiger partial charge in [0.25, 0.3) is 5.91 Å². The number of hydrogen-bond acceptors (Lipinski definition) is 5. The molecule has 7 heteroatoms. The highest BCUT2D eigenvalue weighted by atomic mass is 32.1. The number of nitrogens with one attached hydrogen (secondary N) is 2. The number of amides is 1. The Hall–Kier alpha value is -3.32. The highest BCUT2D eigenvalue weighted by Crippen LogP contribution is 2.40. The van der Waals surface area contributed by atoms with Crippen molar-refractivity contribution in [3.8, 4) is 16.3 Å². The van der Waals surface area contributed by atoms with Crippen molar-refractivity contribution >= 4 is 38.2 Å². The van der Waals surface area contributed by atoms with E-state index in [4.69, 9.17) is 9.47 Å². The molecule has 6 nitrogen and oxygen atoms in total. The maximum atomic E-state index is 12.8. The molecule has 1 amide bonds. The van der Waals surface area contributed by atoms with Crippen LogP contribution in [0.15, 0.2) is 54.3 Å². The molecule has 0 unspecified atom stereocenters. The minimum Gasteiger partial charge on any atom is -0.501 e. The van der Waals surface area contributed by atoms with Gasteiger partial charge in [0.05, 0.1) is 41.3 Å². The predicted molar refractivity (Wildman–Crippen MR) is 114 cm³/mol. The molecule has 0 fully saturated rings. The lowest BCUT2D eigenvalue weighted by Crippen LogP contribution is -2.25. The molecule has 0 aliphatic carbocycles. The summed E-state index contributed by atoms with van der Waals surface area (Å²) in [7, 11) is 1.58. The van der Waals surface area contributed by atoms with Crippen LogP contribution in [-0.4, -0.2) is 36.4 Å². The van der Waals surface area contributed by atoms with Crippen molar-refractivity contribution in [1.29, 1.82) is 0 Å². The molecule has 29 heavy (non-hydrogen) atoms. The molecule has 1 aliphatic rings. The van der Waals surface area contributed by atoms with Gasteiger partial charge in [-0.25, -0.2) is 0 Å². The Labute approximate surface area is 171 Å². The van der Waals surface area contributed by atoms with Crippen LogP contribution in [0, 0.1) is 0 Å². The van der Waals surface area contributed by atoms with E-state index in [0.29, 0.717) is 24.5 Å². The van der Waals surface area contributed by atoms with Gasteiger partial charge in [0.1, 0.15) is 11.4 Å². The molecule has 2 N–H and O–H groups in total. The summed E-state index contributed by atoms with van der Waals surface area (Å²) in [5, 5.41) is 12.5. The number of benzene rings is 2. The van der Waals surface area contributed by atoms with Gasteiger partial charge in [-0.15, -0.1) is 11.3 Å². The first-order valence-electron chi connectivity index (χ1n) is 9.36. The molecule has 3 heterocycles. The lowest BCUT2D eigenvalue weighted by Gasteiger charge is -2.11. The van der Waals surface area contributed by atoms with Crippen molar-refractivity contribution in [1.82, 2.24) is 15.5 Å². The number of hydrogen-bond donors (Lipinski definition) is 2. The fourth-order valence-corrected chi connectivity index (χ4v) is 4.65. The second kappa shape index (κ2) is 7.25. The number of aromatic nitrogens is 2. The summed E-state index contributed by atoms with van der Waals surface area (Å²) in [4.78, 5) is 13.9. The van der Waals surface area contributed by atoms with E-state index in [9.17, 15) is 4.79 Å². The molecule has 0 radical (unpaired) electrons. The predicted octanol–water partition coefficient (Wildman–Crippen LogP) is 4.49. The molecule has 2 aromatic carbocycles. The molecule has 2 aromatic heterocycles. The third kappa shape index (κ3) is 3.13. The minimum atomic E-state index is -0.181. The highest BCUT2D eigenvalue weighted by Gasteiger charge is 2.21. The van der Waals surface area contributed by atoms with Gasteiger partial charge >= 0.3 is 0 Å². The van der Waals surface area contributed by atoms with E-state index < -0.39 is 0 Å². The first kappa shape index (κ1) is 17.8. The molecule has 5 rings (SSSR count). The van der Waals surface area contributed by atoms with E-state index in [2.05, 4.69) is 33.7 Å². The van der Waals surface area contributed by atoms with Crippen molar-refractivity contribution in [2.24, 2.45) is 0 Å². The first-order valence-corrected chi connectivity index (χ1v) is 10.2. The van der Waals surface area contributed by atoms with E-state index in [0.717, 1.165) is 33.5 Å². The van der Waals surface area contributed by atoms with E-state index >= 15 is 0 Å². The van der Waals surface area contributed by atoms with Crippen LogP contribution in [0.3, 0.4) is 0 Å². The minimum absolute atomic E-state index is 0.181. The van der Waals surface area contributed by atoms with Gasteiger partial charge < -0.3 is 14.8 Å². The second-order valence-corrected chi connectivity index (χ2v) is 7.95. The van der Waals surface area contributed by atoms with Crippen LogP contribution in [0.25, 0.3) is 31.6 Å². The monoisotopic (exact) mass is 405 g/mol. The molecule has 1 aliphatic heterocycles. The Balaban J connectivity index is 1.56. The number of ether oxygens (including phenoxy) is 2. The summed E-state index contributed by atoms with van der Waals surface area (Å²) in [6.45, 7) is 1.14. The Morgan fingerprint density at radius 2 is 2.21 bits per heavy atom. The number of aromatic amines is 1. The SMILES string of the molecule is COc1c(C(=O)NCC2=COCC2)ccc2[nH]nc(-c3cc4ccccc4s3)c12. The molecular formula is C22H19N3O3S. The van der Waals surface area contributed by atoms with Gasteiger partial charge in [0.2, 0.25) is 0 Å². The standard InChI is InChI=1S/C22H19N3O3S/c1-27-21-15(22(26)23-11-13-8-9-28-12-13)6-7-16-19(21)20(25-24-16)18-10-14-4-2-3-5-17(14)29-18/h2-7,10,12H,8-9,11H2,1H3,(H,23,26)(H,24,25). The van der Waals surface area contributed by atoms with Crippen LogP contribution in [0.1, 0.15) is 16.8 Å². The number of thiophene rings is 1. The average Bonchev–Trinajstić information content (AvgIpc) is 3.49. The Morgan fingerprint density at radius 3 is 3.00 bits per heavy atom. The molecule has 0 atom stereocenters. The van der Waals surface area contributed by atoms with Crippen LogP contribution in [-0.2, 0) is 4.74 Å². The van der Waals surface area contributed by atoms with Crippen molar-refractivity contribution in [2.45, 2.75) is 6.42 Å². The first-order chi connectivity index (χ1) is 14.2. The molecule has 0 saturated heterocycles. The Bertz CT molecular complexity index is 1220. The molecule has 0 saturated carbocycles. The summed E-state index contributed by atoms with van der Waals surface area (Å²) in [5.41, 5.74) is 3.19. The molecule has 146 valence electrons. The van der Waals surface area contributed by atoms with Crippen molar-refractivity contribution in [3.63, 3.8) is 0 Å². The zero-order chi connectivity index (χ0) is 19.8. The maximum Gasteiger partial charge on any atom is 0.255 e. The molecule has 4 aromatic rings. The topological polar surface area (TPSA) is 76.2 Å². The third-order valence-corrected chi connectivity index (χ3v) is 6.18. The molecule has 0 bridgehead atoms. The van der Waals surface area contributed by atoms with Gasteiger partial charge in [0, 0.05) is 17.7 Å². The van der Waals surface area contributed by atoms with Crippen LogP contribution in [0.5, 0.6) is 5.75 Å². The van der Waals surface area contributed by atoms with Gasteiger partial charge in [-0.05, 0) is 35.2 Å². The van der Waals surface area contributed by atoms with E-state index in [1.54, 1.807) is 30.8 Å². The van der Waals surface area contributed by atoms with E-state index in [1.165, 1.54) is 10.1 Å². The lowest BCUT2D eigenvalue weighted by atomic mass is 10.1. The van der Waals surface area contributed by atoms with Gasteiger partial charge in [-0.1, -0.05) is 18.2 Å². The summed E-state index contributed by atoms with van der Waals surface area (Å²) in [6, 6.07) is 14.0. The van der Waals surface area contributed by atoms with Crippen LogP contribution in [0.2, 0.25) is 0 Å². The smallest absolute Gasteiger partial charge is 0.255 e. The number of carbonyl (C=O) groups is 1. The number of H-pyrrole nitrogens is 1. The summed E-state index contributed by atoms with van der Waals surface area (Å²) < 4.78 is 12.1. The van der Waals surface area contributed by atoms with Gasteiger partial charge in [-0.3, -0.25) is 9.89 Å². The molecular weight excluding hydrogens is 386 g/mol. The van der Waals surface area contributed by atoms with Gasteiger partial charge in [-0.2, -0.15) is 5.10 Å². The lowest BCUT2D eigenvalue weighted by molar-refractivity contribution is 0.0954. The number of carbonyl (C=O) groups excluding carboxylic acids is 1. The second-order valence-electron chi connectivity index (χ2n) is 6.87. The quantitative estimate of drug-likeness (QED) is 0.513. The molecule has 0 spiro atoms. The number of nitrogens with zero attached hydrogens (tertiary/aromatic N) is 1. The van der Waals surface area contributed by atoms with Crippen molar-refractivity contribution in [2.75, 3.05) is 20.3 Å². The third-order valence-electron chi connectivity index (χ3n) is 5.06. The van der Waals surface area contributed by atoms with Crippen LogP contribution in [0.4, 0.5) is 0 Å². The fraction of sp³-hybridized carbons (Fsp3) is 0.182. The van der Waals surface area contributed by atoms with Crippen LogP contribution >= 0.6 is 11.3 Å². The summed E-state index contributed by atoms with van der Waals surface area (Å²) in [6.07, 6.45) is 2.56. The number of fused-ring (bicyclic) bond motifs is 2. The zero-order valence-electron chi connectivity index (χ0n) is 15.8. The van der Waals surface area contributed by atoms with Crippen LogP contribution < -0.4 is 10.1 Å². The Kier molecular flexibility index (Phi) is 4.44. The van der Waals surface area contributed by atoms with E-state index in [-0.39, 0.29) is 5.91 Å². The highest BCUT2D eigenvalue weighted by molar-refractivity contribution is 7.22.